The summed E-state index contributed by atoms with van der Waals surface area (Å²) < 4.78 is 10.9. The number of amides is 1. The molecule has 30 heavy (non-hydrogen) atoms. The van der Waals surface area contributed by atoms with Crippen LogP contribution in [-0.2, 0) is 16.1 Å². The monoisotopic (exact) mass is 433 g/mol. The molecule has 0 saturated carbocycles. The fraction of sp³-hybridized carbons (Fsp3) is 0.455. The van der Waals surface area contributed by atoms with E-state index in [9.17, 15) is 14.7 Å². The van der Waals surface area contributed by atoms with Crippen LogP contribution in [0.4, 0.5) is 10.5 Å². The minimum Gasteiger partial charge on any atom is -0.477 e. The molecule has 3 rings (SSSR count). The fourth-order valence-electron chi connectivity index (χ4n) is 3.38. The Bertz CT molecular complexity index is 850. The molecule has 2 N–H and O–H groups in total. The average Bonchev–Trinajstić information content (AvgIpc) is 3.35. The molecule has 1 aromatic heterocycles. The van der Waals surface area contributed by atoms with Crippen LogP contribution in [-0.4, -0.2) is 41.5 Å². The Labute approximate surface area is 179 Å². The summed E-state index contributed by atoms with van der Waals surface area (Å²) in [6, 6.07) is 10.3. The van der Waals surface area contributed by atoms with Crippen molar-refractivity contribution in [2.45, 2.75) is 51.4 Å². The third-order valence-corrected chi connectivity index (χ3v) is 6.07. The van der Waals surface area contributed by atoms with E-state index in [1.165, 1.54) is 11.3 Å². The molecule has 1 saturated heterocycles. The lowest BCUT2D eigenvalue weighted by molar-refractivity contribution is 0.0702. The molecule has 8 heteroatoms. The number of aromatic carboxylic acids is 1. The number of carboxylic acid groups (broad SMARTS) is 1. The number of nitrogens with zero attached hydrogens (tertiary/aromatic N) is 1. The van der Waals surface area contributed by atoms with Crippen LogP contribution in [0.5, 0.6) is 0 Å². The molecule has 2 aromatic rings. The molecule has 0 spiro atoms. The summed E-state index contributed by atoms with van der Waals surface area (Å²) in [6.45, 7) is 2.90. The summed E-state index contributed by atoms with van der Waals surface area (Å²) in [4.78, 5) is 25.8. The maximum atomic E-state index is 12.2. The Morgan fingerprint density at radius 1 is 1.27 bits per heavy atom. The summed E-state index contributed by atoms with van der Waals surface area (Å²) in [5.74, 6) is -0.953. The summed E-state index contributed by atoms with van der Waals surface area (Å²) >= 11 is 1.17. The molecule has 1 aromatic carbocycles. The molecule has 1 aliphatic rings. The van der Waals surface area contributed by atoms with Crippen LogP contribution in [0.15, 0.2) is 36.4 Å². The molecule has 2 heterocycles. The van der Waals surface area contributed by atoms with E-state index >= 15 is 0 Å². The molecular weight excluding hydrogens is 406 g/mol. The summed E-state index contributed by atoms with van der Waals surface area (Å²) in [7, 11) is 0. The lowest BCUT2D eigenvalue weighted by Gasteiger charge is -2.22. The van der Waals surface area contributed by atoms with Crippen molar-refractivity contribution in [2.24, 2.45) is 0 Å². The molecule has 2 atom stereocenters. The zero-order chi connectivity index (χ0) is 21.5. The second-order valence-corrected chi connectivity index (χ2v) is 8.46. The van der Waals surface area contributed by atoms with Gasteiger partial charge in [0.1, 0.15) is 11.5 Å². The first-order valence-electron chi connectivity index (χ1n) is 10.1. The molecular formula is C22H27NO6S. The van der Waals surface area contributed by atoms with Crippen LogP contribution < -0.4 is 4.90 Å². The van der Waals surface area contributed by atoms with Crippen LogP contribution in [0.1, 0.15) is 58.8 Å². The Morgan fingerprint density at radius 3 is 2.70 bits per heavy atom. The van der Waals surface area contributed by atoms with Gasteiger partial charge in [-0.2, -0.15) is 0 Å². The molecule has 1 fully saturated rings. The number of thiophene rings is 1. The third-order valence-electron chi connectivity index (χ3n) is 5.03. The molecule has 1 amide bonds. The molecule has 7 nitrogen and oxygen atoms in total. The zero-order valence-electron chi connectivity index (χ0n) is 17.0. The van der Waals surface area contributed by atoms with Crippen molar-refractivity contribution in [1.29, 1.82) is 0 Å². The van der Waals surface area contributed by atoms with Gasteiger partial charge < -0.3 is 19.7 Å². The van der Waals surface area contributed by atoms with Crippen LogP contribution in [0.3, 0.4) is 0 Å². The summed E-state index contributed by atoms with van der Waals surface area (Å²) in [5.41, 5.74) is 1.53. The van der Waals surface area contributed by atoms with Crippen molar-refractivity contribution >= 4 is 29.1 Å². The number of carboxylic acids is 1. The van der Waals surface area contributed by atoms with Gasteiger partial charge in [0.15, 0.2) is 0 Å². The normalized spacial score (nSPS) is 17.2. The Balaban J connectivity index is 1.56. The highest BCUT2D eigenvalue weighted by molar-refractivity contribution is 7.13. The second kappa shape index (κ2) is 10.6. The van der Waals surface area contributed by atoms with E-state index in [-0.39, 0.29) is 30.7 Å². The Kier molecular flexibility index (Phi) is 7.84. The van der Waals surface area contributed by atoms with E-state index in [0.717, 1.165) is 36.1 Å². The van der Waals surface area contributed by atoms with E-state index < -0.39 is 18.2 Å². The smallest absolute Gasteiger partial charge is 0.414 e. The van der Waals surface area contributed by atoms with Gasteiger partial charge in [0.05, 0.1) is 25.4 Å². The van der Waals surface area contributed by atoms with Crippen molar-refractivity contribution < 1.29 is 29.3 Å². The number of anilines is 1. The maximum Gasteiger partial charge on any atom is 0.414 e. The zero-order valence-corrected chi connectivity index (χ0v) is 17.8. The standard InChI is InChI=1S/C22H27NO6S/c1-2-3-4-5-19(24)15-6-8-16(9-7-15)23-17(13-29-22(23)27)12-28-14-18-10-11-20(30-18)21(25)26/h6-11,17,19,24H,2-5,12-14H2,1H3,(H,25,26)/t17-,19+/m0/s1. The average molecular weight is 434 g/mol. The topological polar surface area (TPSA) is 96.3 Å². The largest absolute Gasteiger partial charge is 0.477 e. The van der Waals surface area contributed by atoms with Crippen molar-refractivity contribution in [3.8, 4) is 0 Å². The van der Waals surface area contributed by atoms with Crippen LogP contribution in [0.2, 0.25) is 0 Å². The highest BCUT2D eigenvalue weighted by Gasteiger charge is 2.34. The van der Waals surface area contributed by atoms with Gasteiger partial charge >= 0.3 is 12.1 Å². The summed E-state index contributed by atoms with van der Waals surface area (Å²) in [6.07, 6.45) is 2.98. The third kappa shape index (κ3) is 5.59. The van der Waals surface area contributed by atoms with Gasteiger partial charge in [-0.3, -0.25) is 4.90 Å². The number of cyclic esters (lactones) is 1. The number of aliphatic hydroxyl groups excluding tert-OH is 1. The van der Waals surface area contributed by atoms with Crippen LogP contribution in [0, 0.1) is 0 Å². The molecule has 0 aliphatic carbocycles. The van der Waals surface area contributed by atoms with Crippen molar-refractivity contribution in [2.75, 3.05) is 18.1 Å². The maximum absolute atomic E-state index is 12.2. The number of rotatable bonds is 11. The minimum atomic E-state index is -0.953. The molecule has 0 bridgehead atoms. The number of aliphatic hydroxyl groups is 1. The van der Waals surface area contributed by atoms with Crippen LogP contribution in [0.25, 0.3) is 0 Å². The molecule has 0 radical (unpaired) electrons. The number of ether oxygens (including phenoxy) is 2. The molecule has 0 unspecified atom stereocenters. The number of hydrogen-bond donors (Lipinski definition) is 2. The van der Waals surface area contributed by atoms with Crippen molar-refractivity contribution in [1.82, 2.24) is 0 Å². The van der Waals surface area contributed by atoms with E-state index in [4.69, 9.17) is 14.6 Å². The van der Waals surface area contributed by atoms with E-state index in [0.29, 0.717) is 5.69 Å². The number of carbonyl (C=O) groups excluding carboxylic acids is 1. The molecule has 1 aliphatic heterocycles. The lowest BCUT2D eigenvalue weighted by atomic mass is 10.0. The van der Waals surface area contributed by atoms with Crippen molar-refractivity contribution in [3.05, 3.63) is 51.7 Å². The number of benzene rings is 1. The van der Waals surface area contributed by atoms with Gasteiger partial charge in [0, 0.05) is 10.6 Å². The summed E-state index contributed by atoms with van der Waals surface area (Å²) in [5, 5.41) is 19.3. The van der Waals surface area contributed by atoms with Gasteiger partial charge in [-0.25, -0.2) is 9.59 Å². The number of hydrogen-bond acceptors (Lipinski definition) is 6. The van der Waals surface area contributed by atoms with E-state index in [1.54, 1.807) is 17.0 Å². The Hall–Kier alpha value is -2.42. The minimum absolute atomic E-state index is 0.227. The van der Waals surface area contributed by atoms with Crippen molar-refractivity contribution in [3.63, 3.8) is 0 Å². The van der Waals surface area contributed by atoms with Gasteiger partial charge in [-0.1, -0.05) is 38.3 Å². The van der Waals surface area contributed by atoms with E-state index in [2.05, 4.69) is 6.92 Å². The first kappa shape index (κ1) is 22.3. The van der Waals surface area contributed by atoms with Gasteiger partial charge in [0.25, 0.3) is 0 Å². The number of unbranched alkanes of at least 4 members (excludes halogenated alkanes) is 2. The SMILES string of the molecule is CCCCC[C@@H](O)c1ccc(N2C(=O)OC[C@@H]2COCc2ccc(C(=O)O)s2)cc1. The van der Waals surface area contributed by atoms with Gasteiger partial charge in [-0.15, -0.1) is 11.3 Å². The second-order valence-electron chi connectivity index (χ2n) is 7.29. The van der Waals surface area contributed by atoms with Gasteiger partial charge in [-0.05, 0) is 36.2 Å². The highest BCUT2D eigenvalue weighted by atomic mass is 32.1. The number of carbonyl (C=O) groups is 2. The predicted molar refractivity (Wildman–Crippen MR) is 114 cm³/mol. The first-order valence-corrected chi connectivity index (χ1v) is 10.9. The lowest BCUT2D eigenvalue weighted by Crippen LogP contribution is -2.36. The molecule has 162 valence electrons. The Morgan fingerprint density at radius 2 is 2.03 bits per heavy atom. The van der Waals surface area contributed by atoms with E-state index in [1.807, 2.05) is 24.3 Å². The van der Waals surface area contributed by atoms with Crippen LogP contribution >= 0.6 is 11.3 Å². The first-order chi connectivity index (χ1) is 14.5. The highest BCUT2D eigenvalue weighted by Crippen LogP contribution is 2.27. The van der Waals surface area contributed by atoms with Gasteiger partial charge in [0.2, 0.25) is 0 Å². The fourth-order valence-corrected chi connectivity index (χ4v) is 4.16. The predicted octanol–water partition coefficient (Wildman–Crippen LogP) is 4.60. The quantitative estimate of drug-likeness (QED) is 0.503.